The van der Waals surface area contributed by atoms with Gasteiger partial charge in [-0.25, -0.2) is 9.97 Å². The molecule has 4 saturated heterocycles. The summed E-state index contributed by atoms with van der Waals surface area (Å²) in [6.45, 7) is 35.3. The highest BCUT2D eigenvalue weighted by atomic mass is 35.5. The number of piperazine rings is 1. The monoisotopic (exact) mass is 1790 g/mol. The number of likely N-dealkylation sites (tertiary alicyclic amines) is 3. The lowest BCUT2D eigenvalue weighted by atomic mass is 9.77. The molecule has 0 radical (unpaired) electrons. The van der Waals surface area contributed by atoms with E-state index in [1.807, 2.05) is 87.4 Å². The molecule has 10 aliphatic rings. The maximum Gasteiger partial charge on any atom is 0.312 e. The van der Waals surface area contributed by atoms with Crippen LogP contribution in [0.5, 0.6) is 23.0 Å². The molecule has 6 saturated carbocycles. The normalized spacial score (nSPS) is 27.0. The van der Waals surface area contributed by atoms with Gasteiger partial charge in [-0.1, -0.05) is 83.3 Å². The lowest BCUT2D eigenvalue weighted by molar-refractivity contribution is -0.157. The molecule has 2 amide bonds. The molecule has 8 heterocycles. The first-order valence-corrected chi connectivity index (χ1v) is 46.4. The quantitative estimate of drug-likeness (QED) is 0.0161. The van der Waals surface area contributed by atoms with E-state index >= 15 is 0 Å². The summed E-state index contributed by atoms with van der Waals surface area (Å²) in [4.78, 5) is 138. The van der Waals surface area contributed by atoms with E-state index in [9.17, 15) is 43.5 Å². The van der Waals surface area contributed by atoms with Crippen LogP contribution in [0.15, 0.2) is 83.1 Å². The van der Waals surface area contributed by atoms with Gasteiger partial charge in [-0.2, -0.15) is 9.97 Å². The number of nitrogens with zero attached hydrogens (tertiary/aromatic N) is 8. The Morgan fingerprint density at radius 1 is 0.559 bits per heavy atom. The van der Waals surface area contributed by atoms with E-state index in [4.69, 9.17) is 75.2 Å². The summed E-state index contributed by atoms with van der Waals surface area (Å²) in [6.07, 6.45) is 14.4. The summed E-state index contributed by atoms with van der Waals surface area (Å²) in [5, 5.41) is 21.7. The number of aromatic nitrogens is 4. The number of halogens is 2. The maximum absolute atomic E-state index is 15.0. The molecule has 31 heteroatoms. The molecule has 0 bridgehead atoms. The van der Waals surface area contributed by atoms with Crippen LogP contribution in [0.1, 0.15) is 178 Å². The summed E-state index contributed by atoms with van der Waals surface area (Å²) in [7, 11) is 1.31. The Balaban J connectivity index is 0.000000196. The molecule has 4 aliphatic heterocycles. The molecule has 10 fully saturated rings. The number of carboxylic acids is 1. The lowest BCUT2D eigenvalue weighted by Crippen LogP contribution is -2.48. The van der Waals surface area contributed by atoms with Gasteiger partial charge in [-0.05, 0) is 176 Å². The number of hydrogen-bond acceptors (Lipinski definition) is 26. The Morgan fingerprint density at radius 3 is 1.37 bits per heavy atom. The number of allylic oxidation sites excluding steroid dienone is 2. The van der Waals surface area contributed by atoms with E-state index in [1.165, 1.54) is 56.6 Å². The third-order valence-corrected chi connectivity index (χ3v) is 28.5. The first kappa shape index (κ1) is 92.3. The summed E-state index contributed by atoms with van der Waals surface area (Å²) < 4.78 is 54.7. The van der Waals surface area contributed by atoms with Crippen molar-refractivity contribution in [3.8, 4) is 45.8 Å². The molecule has 2 aromatic carbocycles. The van der Waals surface area contributed by atoms with Crippen LogP contribution in [-0.2, 0) is 52.6 Å². The molecule has 16 atom stereocenters. The number of anilines is 2. The van der Waals surface area contributed by atoms with Crippen molar-refractivity contribution in [3.05, 3.63) is 84.3 Å². The van der Waals surface area contributed by atoms with Crippen LogP contribution in [0.2, 0.25) is 10.0 Å². The molecule has 6 aromatic rings. The second-order valence-electron chi connectivity index (χ2n) is 39.8. The lowest BCUT2D eigenvalue weighted by Gasteiger charge is -2.35. The van der Waals surface area contributed by atoms with E-state index < -0.39 is 81.7 Å². The van der Waals surface area contributed by atoms with Crippen LogP contribution in [-0.4, -0.2) is 226 Å². The predicted molar refractivity (Wildman–Crippen MR) is 479 cm³/mol. The number of amides is 2. The molecule has 6 aliphatic carbocycles. The van der Waals surface area contributed by atoms with E-state index in [0.717, 1.165) is 78.0 Å². The summed E-state index contributed by atoms with van der Waals surface area (Å²) >= 11 is 14.2. The molecule has 686 valence electrons. The van der Waals surface area contributed by atoms with Crippen LogP contribution in [0, 0.1) is 69.0 Å². The largest absolute Gasteiger partial charge is 0.491 e. The number of hydrogen-bond donors (Lipinski definition) is 4. The Labute approximate surface area is 752 Å². The van der Waals surface area contributed by atoms with Gasteiger partial charge >= 0.3 is 23.9 Å². The molecule has 4 N–H and O–H groups in total. The average Bonchev–Trinajstić information content (AvgIpc) is 1.59. The Morgan fingerprint density at radius 2 is 0.976 bits per heavy atom. The smallest absolute Gasteiger partial charge is 0.312 e. The number of aliphatic carboxylic acids is 1. The number of fused-ring (bicyclic) bond motifs is 4. The van der Waals surface area contributed by atoms with Crippen molar-refractivity contribution >= 4 is 104 Å². The van der Waals surface area contributed by atoms with Gasteiger partial charge < -0.3 is 72.8 Å². The van der Waals surface area contributed by atoms with Gasteiger partial charge in [0.25, 0.3) is 12.0 Å². The van der Waals surface area contributed by atoms with Crippen LogP contribution in [0.3, 0.4) is 0 Å². The zero-order valence-corrected chi connectivity index (χ0v) is 76.7. The highest BCUT2D eigenvalue weighted by Gasteiger charge is 2.63. The first-order chi connectivity index (χ1) is 60.6. The van der Waals surface area contributed by atoms with Crippen LogP contribution >= 0.6 is 23.2 Å². The van der Waals surface area contributed by atoms with Crippen molar-refractivity contribution in [1.29, 1.82) is 0 Å². The minimum Gasteiger partial charge on any atom is -0.491 e. The number of carboxylic acid groups (broad SMARTS) is 1. The van der Waals surface area contributed by atoms with E-state index in [-0.39, 0.29) is 116 Å². The van der Waals surface area contributed by atoms with Crippen molar-refractivity contribution in [1.82, 2.24) is 44.9 Å². The van der Waals surface area contributed by atoms with Crippen LogP contribution < -0.4 is 34.9 Å². The van der Waals surface area contributed by atoms with Crippen molar-refractivity contribution in [2.45, 2.75) is 227 Å². The highest BCUT2D eigenvalue weighted by molar-refractivity contribution is 6.37. The Hall–Kier alpha value is -9.42. The number of methoxy groups -OCH3 is 1. The summed E-state index contributed by atoms with van der Waals surface area (Å²) in [6, 6.07) is 9.63. The molecule has 3 unspecified atom stereocenters. The van der Waals surface area contributed by atoms with Gasteiger partial charge in [0.15, 0.2) is 11.6 Å². The number of ether oxygens (including phenoxy) is 7. The number of Topliss-reactive ketones (excluding diaryl/α,β-unsaturated/α-hetero) is 2. The minimum atomic E-state index is -1.28. The predicted octanol–water partition coefficient (Wildman–Crippen LogP) is 14.9. The number of pyridine rings is 2. The standard InChI is InChI=1S/C49H64ClN5O9.C47H61ClN6O9/c1-8-31-24-49(31,46(59)60-7)25-39(56)38-21-33(26-55(38)45(58)35(48(4,5)6)22-42(57)64-32-19-29-18-30(29)20-32)63-41-23-36(37-27-62-47(53-37)51-28(2)3)52-44-34(41)12-13-40(43(44)50)61-17-16-54-14-10-9-11-15-54;1-7-29-22-47(29,44(58)59)23-37(55)36-19-31(24-54(36)43(57)33(46(4,5)6)20-40(56)63-30-17-27-16-28(27)18-30)62-39-21-34(35-25-61-45(52-35)50-26(2)3)51-42-32(39)8-9-38(41(42)48)60-15-14-53-12-10-49-11-13-53/h8,12-13,23,27-33,35,38H,1,9-11,14-22,24-26H2,2-7H3,(H,51,53);7-9,21,25-31,33,36,49H,1,10-20,22-24H2,2-6H3,(H,50,52)(H,58,59)/t29-,30+,31-,32?,33-,35-,38?,49-;27-,28+,29-,30?,31-,33-,36+,47-/m11/s1. The van der Waals surface area contributed by atoms with Gasteiger partial charge in [0, 0.05) is 99.9 Å². The van der Waals surface area contributed by atoms with Gasteiger partial charge in [-0.3, -0.25) is 48.2 Å². The molecular formula is C96H125Cl2N11O18. The van der Waals surface area contributed by atoms with Gasteiger partial charge in [0.1, 0.15) is 94.6 Å². The maximum atomic E-state index is 15.0. The molecule has 0 spiro atoms. The van der Waals surface area contributed by atoms with Gasteiger partial charge in [0.2, 0.25) is 11.8 Å². The SMILES string of the molecule is C=C[C@@H]1C[C@]1(CC(=O)C1C[C@@H](Oc2cc(-c3coc(NC(C)C)n3)nc3c(Cl)c(OCCN4CCCCC4)ccc23)CN1C(=O)[C@@H](CC(=O)OC1C[C@@H]2C[C@@H]2C1)C(C)(C)C)C(=O)OC.C=C[C@@H]1C[C@]1(CC(=O)[C@@H]1C[C@@H](Oc2cc(-c3coc(NC(C)C)n3)nc3c(Cl)c(OCCN4CCNCC4)ccc23)CN1C(=O)[C@@H](CC(=O)OC1C[C@@H]2C[C@@H]2C1)C(C)(C)C)C(=O)O. The molecule has 29 nitrogen and oxygen atoms in total. The van der Waals surface area contributed by atoms with E-state index in [1.54, 1.807) is 35.3 Å². The Kier molecular flexibility index (Phi) is 27.9. The number of oxazole rings is 2. The van der Waals surface area contributed by atoms with Gasteiger partial charge in [0.05, 0.1) is 90.2 Å². The fraction of sp³-hybridized carbons (Fsp3) is 0.625. The number of ketones is 2. The number of rotatable bonds is 36. The number of benzene rings is 2. The van der Waals surface area contributed by atoms with Crippen molar-refractivity contribution in [2.24, 2.45) is 69.0 Å². The number of nitrogens with one attached hydrogen (secondary N) is 3. The number of esters is 3. The van der Waals surface area contributed by atoms with E-state index in [2.05, 4.69) is 48.9 Å². The number of piperidine rings is 1. The number of carbonyl (C=O) groups excluding carboxylic acids is 7. The van der Waals surface area contributed by atoms with Crippen LogP contribution in [0.4, 0.5) is 12.0 Å². The fourth-order valence-electron chi connectivity index (χ4n) is 20.0. The topological polar surface area (TPSA) is 348 Å². The third-order valence-electron chi connectivity index (χ3n) is 27.7. The second kappa shape index (κ2) is 38.3. The molecule has 4 aromatic heterocycles. The summed E-state index contributed by atoms with van der Waals surface area (Å²) in [5.74, 6) is -1.67. The average molecular weight is 1790 g/mol. The summed E-state index contributed by atoms with van der Waals surface area (Å²) in [5.41, 5.74) is -1.09. The van der Waals surface area contributed by atoms with Crippen LogP contribution in [0.25, 0.3) is 44.6 Å². The zero-order chi connectivity index (χ0) is 90.3. The molecule has 16 rings (SSSR count). The second-order valence-corrected chi connectivity index (χ2v) is 40.6. The van der Waals surface area contributed by atoms with E-state index in [0.29, 0.717) is 134 Å². The third kappa shape index (κ3) is 21.2. The van der Waals surface area contributed by atoms with Crippen molar-refractivity contribution in [2.75, 3.05) is 96.4 Å². The van der Waals surface area contributed by atoms with Crippen molar-refractivity contribution in [3.63, 3.8) is 0 Å². The molecular weight excluding hydrogens is 1670 g/mol. The van der Waals surface area contributed by atoms with Gasteiger partial charge in [-0.15, -0.1) is 13.2 Å². The Bertz CT molecular complexity index is 5090. The zero-order valence-electron chi connectivity index (χ0n) is 75.2. The number of carbonyl (C=O) groups is 8. The highest BCUT2D eigenvalue weighted by Crippen LogP contribution is 2.59. The molecule has 127 heavy (non-hydrogen) atoms. The van der Waals surface area contributed by atoms with Crippen molar-refractivity contribution < 1.29 is 85.5 Å². The first-order valence-electron chi connectivity index (χ1n) is 45.7. The minimum absolute atomic E-state index is 0.0142. The fourth-order valence-corrected chi connectivity index (χ4v) is 20.6.